The van der Waals surface area contributed by atoms with Crippen LogP contribution in [-0.4, -0.2) is 29.0 Å². The minimum Gasteiger partial charge on any atom is -0.372 e. The van der Waals surface area contributed by atoms with Gasteiger partial charge in [-0.05, 0) is 54.8 Å². The molecule has 0 radical (unpaired) electrons. The first-order valence-electron chi connectivity index (χ1n) is 9.64. The summed E-state index contributed by atoms with van der Waals surface area (Å²) in [5.41, 5.74) is 3.29. The summed E-state index contributed by atoms with van der Waals surface area (Å²) in [6, 6.07) is 14.2. The second-order valence-corrected chi connectivity index (χ2v) is 6.97. The predicted octanol–water partition coefficient (Wildman–Crippen LogP) is 3.89. The summed E-state index contributed by atoms with van der Waals surface area (Å²) in [6.07, 6.45) is 5.46. The molecule has 1 aliphatic rings. The number of amides is 1. The number of benzene rings is 2. The average Bonchev–Trinajstić information content (AvgIpc) is 3.29. The maximum atomic E-state index is 12.9. The monoisotopic (exact) mass is 391 g/mol. The first-order chi connectivity index (χ1) is 14.2. The molecule has 7 heteroatoms. The second kappa shape index (κ2) is 8.68. The summed E-state index contributed by atoms with van der Waals surface area (Å²) in [4.78, 5) is 23.0. The standard InChI is InChI=1S/C22H22FN5O/c23-18-5-3-16(4-6-18)13-24-21(29)17-14-25-22(26-15-17)27-19-7-9-20(10-8-19)28-11-1-2-12-28/h3-10,14-15H,1-2,11-13H2,(H,24,29)(H,25,26,27). The van der Waals surface area contributed by atoms with Crippen LogP contribution in [0.3, 0.4) is 0 Å². The van der Waals surface area contributed by atoms with Crippen molar-refractivity contribution in [3.05, 3.63) is 77.9 Å². The maximum absolute atomic E-state index is 12.9. The van der Waals surface area contributed by atoms with Gasteiger partial charge in [-0.25, -0.2) is 14.4 Å². The van der Waals surface area contributed by atoms with Gasteiger partial charge in [0.25, 0.3) is 5.91 Å². The molecule has 6 nitrogen and oxygen atoms in total. The van der Waals surface area contributed by atoms with Gasteiger partial charge < -0.3 is 15.5 Å². The van der Waals surface area contributed by atoms with Crippen molar-refractivity contribution in [2.45, 2.75) is 19.4 Å². The summed E-state index contributed by atoms with van der Waals surface area (Å²) < 4.78 is 12.9. The van der Waals surface area contributed by atoms with Crippen LogP contribution < -0.4 is 15.5 Å². The van der Waals surface area contributed by atoms with E-state index in [2.05, 4.69) is 37.6 Å². The molecule has 2 aromatic carbocycles. The van der Waals surface area contributed by atoms with E-state index in [9.17, 15) is 9.18 Å². The van der Waals surface area contributed by atoms with Crippen LogP contribution in [0.15, 0.2) is 60.9 Å². The zero-order valence-corrected chi connectivity index (χ0v) is 15.9. The number of aromatic nitrogens is 2. The van der Waals surface area contributed by atoms with E-state index in [1.165, 1.54) is 43.1 Å². The van der Waals surface area contributed by atoms with Crippen molar-refractivity contribution in [3.63, 3.8) is 0 Å². The van der Waals surface area contributed by atoms with Crippen molar-refractivity contribution in [1.82, 2.24) is 15.3 Å². The van der Waals surface area contributed by atoms with E-state index in [1.54, 1.807) is 12.1 Å². The number of carbonyl (C=O) groups is 1. The molecule has 1 aliphatic heterocycles. The fourth-order valence-corrected chi connectivity index (χ4v) is 3.26. The van der Waals surface area contributed by atoms with Crippen molar-refractivity contribution in [2.24, 2.45) is 0 Å². The molecular weight excluding hydrogens is 369 g/mol. The molecule has 1 aromatic heterocycles. The van der Waals surface area contributed by atoms with Crippen LogP contribution in [-0.2, 0) is 6.54 Å². The van der Waals surface area contributed by atoms with Crippen molar-refractivity contribution in [1.29, 1.82) is 0 Å². The molecule has 3 aromatic rings. The number of halogens is 1. The highest BCUT2D eigenvalue weighted by Gasteiger charge is 2.12. The van der Waals surface area contributed by atoms with E-state index in [1.807, 2.05) is 12.1 Å². The molecule has 4 rings (SSSR count). The van der Waals surface area contributed by atoms with Crippen molar-refractivity contribution in [3.8, 4) is 0 Å². The number of nitrogens with zero attached hydrogens (tertiary/aromatic N) is 3. The van der Waals surface area contributed by atoms with Crippen LogP contribution in [0.1, 0.15) is 28.8 Å². The van der Waals surface area contributed by atoms with Crippen LogP contribution in [0, 0.1) is 5.82 Å². The van der Waals surface area contributed by atoms with Gasteiger partial charge in [0.05, 0.1) is 5.56 Å². The Hall–Kier alpha value is -3.48. The van der Waals surface area contributed by atoms with E-state index in [0.717, 1.165) is 24.3 Å². The van der Waals surface area contributed by atoms with E-state index in [4.69, 9.17) is 0 Å². The highest BCUT2D eigenvalue weighted by atomic mass is 19.1. The van der Waals surface area contributed by atoms with E-state index in [0.29, 0.717) is 18.1 Å². The Kier molecular flexibility index (Phi) is 5.65. The molecule has 0 unspecified atom stereocenters. The smallest absolute Gasteiger partial charge is 0.254 e. The van der Waals surface area contributed by atoms with Gasteiger partial charge >= 0.3 is 0 Å². The molecule has 1 amide bonds. The Labute approximate surface area is 168 Å². The van der Waals surface area contributed by atoms with Crippen LogP contribution >= 0.6 is 0 Å². The normalized spacial score (nSPS) is 13.3. The van der Waals surface area contributed by atoms with E-state index >= 15 is 0 Å². The molecule has 0 atom stereocenters. The molecular formula is C22H22FN5O. The quantitative estimate of drug-likeness (QED) is 0.667. The SMILES string of the molecule is O=C(NCc1ccc(F)cc1)c1cnc(Nc2ccc(N3CCCC3)cc2)nc1. The molecule has 29 heavy (non-hydrogen) atoms. The Morgan fingerprint density at radius 3 is 2.28 bits per heavy atom. The number of rotatable bonds is 6. The zero-order chi connectivity index (χ0) is 20.1. The third kappa shape index (κ3) is 4.87. The number of hydrogen-bond acceptors (Lipinski definition) is 5. The fraction of sp³-hybridized carbons (Fsp3) is 0.227. The highest BCUT2D eigenvalue weighted by Crippen LogP contribution is 2.23. The lowest BCUT2D eigenvalue weighted by Crippen LogP contribution is -2.23. The van der Waals surface area contributed by atoms with Gasteiger partial charge in [0.15, 0.2) is 0 Å². The zero-order valence-electron chi connectivity index (χ0n) is 15.9. The Morgan fingerprint density at radius 2 is 1.62 bits per heavy atom. The van der Waals surface area contributed by atoms with Gasteiger partial charge in [0.1, 0.15) is 5.82 Å². The Bertz CT molecular complexity index is 952. The van der Waals surface area contributed by atoms with Crippen LogP contribution in [0.4, 0.5) is 21.7 Å². The van der Waals surface area contributed by atoms with Gasteiger partial charge in [0, 0.05) is 43.4 Å². The second-order valence-electron chi connectivity index (χ2n) is 6.97. The summed E-state index contributed by atoms with van der Waals surface area (Å²) in [7, 11) is 0. The Morgan fingerprint density at radius 1 is 0.966 bits per heavy atom. The molecule has 2 N–H and O–H groups in total. The van der Waals surface area contributed by atoms with E-state index in [-0.39, 0.29) is 11.7 Å². The van der Waals surface area contributed by atoms with Crippen LogP contribution in [0.5, 0.6) is 0 Å². The number of carbonyl (C=O) groups excluding carboxylic acids is 1. The third-order valence-corrected chi connectivity index (χ3v) is 4.88. The molecule has 0 aliphatic carbocycles. The number of anilines is 3. The summed E-state index contributed by atoms with van der Waals surface area (Å²) >= 11 is 0. The fourth-order valence-electron chi connectivity index (χ4n) is 3.26. The summed E-state index contributed by atoms with van der Waals surface area (Å²) in [5.74, 6) is -0.160. The lowest BCUT2D eigenvalue weighted by Gasteiger charge is -2.17. The largest absolute Gasteiger partial charge is 0.372 e. The molecule has 1 fully saturated rings. The van der Waals surface area contributed by atoms with Crippen LogP contribution in [0.2, 0.25) is 0 Å². The molecule has 0 bridgehead atoms. The van der Waals surface area contributed by atoms with Gasteiger partial charge in [-0.2, -0.15) is 0 Å². The minimum atomic E-state index is -0.303. The maximum Gasteiger partial charge on any atom is 0.254 e. The summed E-state index contributed by atoms with van der Waals surface area (Å²) in [5, 5.41) is 5.91. The number of hydrogen-bond donors (Lipinski definition) is 2. The van der Waals surface area contributed by atoms with Crippen LogP contribution in [0.25, 0.3) is 0 Å². The van der Waals surface area contributed by atoms with Gasteiger partial charge in [-0.3, -0.25) is 4.79 Å². The van der Waals surface area contributed by atoms with Crippen molar-refractivity contribution < 1.29 is 9.18 Å². The first kappa shape index (κ1) is 18.9. The molecule has 1 saturated heterocycles. The van der Waals surface area contributed by atoms with Crippen molar-refractivity contribution >= 4 is 23.2 Å². The topological polar surface area (TPSA) is 70.2 Å². The lowest BCUT2D eigenvalue weighted by molar-refractivity contribution is 0.0950. The van der Waals surface area contributed by atoms with Crippen molar-refractivity contribution in [2.75, 3.05) is 23.3 Å². The van der Waals surface area contributed by atoms with E-state index < -0.39 is 0 Å². The van der Waals surface area contributed by atoms with Gasteiger partial charge in [-0.15, -0.1) is 0 Å². The van der Waals surface area contributed by atoms with Gasteiger partial charge in [-0.1, -0.05) is 12.1 Å². The molecule has 0 saturated carbocycles. The highest BCUT2D eigenvalue weighted by molar-refractivity contribution is 5.93. The molecule has 2 heterocycles. The first-order valence-corrected chi connectivity index (χ1v) is 9.64. The average molecular weight is 391 g/mol. The van der Waals surface area contributed by atoms with Gasteiger partial charge in [0.2, 0.25) is 5.95 Å². The predicted molar refractivity (Wildman–Crippen MR) is 111 cm³/mol. The number of nitrogens with one attached hydrogen (secondary N) is 2. The molecule has 148 valence electrons. The summed E-state index contributed by atoms with van der Waals surface area (Å²) in [6.45, 7) is 2.53. The Balaban J connectivity index is 1.32. The minimum absolute atomic E-state index is 0.282. The lowest BCUT2D eigenvalue weighted by atomic mass is 10.2. The molecule has 0 spiro atoms. The third-order valence-electron chi connectivity index (χ3n) is 4.88.